The van der Waals surface area contributed by atoms with Gasteiger partial charge in [-0.15, -0.1) is 6.42 Å². The van der Waals surface area contributed by atoms with Gasteiger partial charge in [0.15, 0.2) is 0 Å². The third kappa shape index (κ3) is 2.73. The van der Waals surface area contributed by atoms with Crippen LogP contribution in [0.4, 0.5) is 4.79 Å². The minimum absolute atomic E-state index is 0.386. The summed E-state index contributed by atoms with van der Waals surface area (Å²) in [6.45, 7) is 4.28. The fourth-order valence-corrected chi connectivity index (χ4v) is 2.99. The Labute approximate surface area is 103 Å². The second kappa shape index (κ2) is 4.97. The molecule has 2 saturated heterocycles. The molecular weight excluding hydrogens is 216 g/mol. The number of piperidine rings is 2. The van der Waals surface area contributed by atoms with E-state index in [2.05, 4.69) is 10.8 Å². The summed E-state index contributed by atoms with van der Waals surface area (Å²) in [5.41, 5.74) is 0.386. The SMILES string of the molecule is C#CCN1CCC2(CC1)CCN(C(=O)O)CC2. The summed E-state index contributed by atoms with van der Waals surface area (Å²) in [5, 5.41) is 8.93. The zero-order chi connectivity index (χ0) is 12.3. The normalized spacial score (nSPS) is 24.5. The molecule has 1 N–H and O–H groups in total. The predicted molar refractivity (Wildman–Crippen MR) is 65.8 cm³/mol. The van der Waals surface area contributed by atoms with Crippen molar-refractivity contribution in [2.24, 2.45) is 5.41 Å². The van der Waals surface area contributed by atoms with Gasteiger partial charge in [-0.2, -0.15) is 0 Å². The molecule has 0 aromatic carbocycles. The molecule has 0 unspecified atom stereocenters. The maximum Gasteiger partial charge on any atom is 0.407 e. The van der Waals surface area contributed by atoms with Gasteiger partial charge < -0.3 is 10.0 Å². The van der Waals surface area contributed by atoms with Crippen molar-refractivity contribution in [1.82, 2.24) is 9.80 Å². The van der Waals surface area contributed by atoms with E-state index in [1.54, 1.807) is 4.90 Å². The van der Waals surface area contributed by atoms with Crippen LogP contribution in [-0.2, 0) is 0 Å². The van der Waals surface area contributed by atoms with Crippen LogP contribution in [0.1, 0.15) is 25.7 Å². The van der Waals surface area contributed by atoms with Gasteiger partial charge in [-0.1, -0.05) is 5.92 Å². The molecule has 94 valence electrons. The summed E-state index contributed by atoms with van der Waals surface area (Å²) in [7, 11) is 0. The largest absolute Gasteiger partial charge is 0.465 e. The van der Waals surface area contributed by atoms with Crippen LogP contribution in [0.15, 0.2) is 0 Å². The standard InChI is InChI=1S/C13H20N2O2/c1-2-7-14-8-3-13(4-9-14)5-10-15(11-6-13)12(16)17/h1H,3-11H2,(H,16,17). The van der Waals surface area contributed by atoms with E-state index in [-0.39, 0.29) is 0 Å². The Morgan fingerprint density at radius 3 is 2.18 bits per heavy atom. The van der Waals surface area contributed by atoms with Crippen molar-refractivity contribution in [2.75, 3.05) is 32.7 Å². The van der Waals surface area contributed by atoms with E-state index in [1.807, 2.05) is 0 Å². The number of hydrogen-bond donors (Lipinski definition) is 1. The van der Waals surface area contributed by atoms with Gasteiger partial charge in [-0.25, -0.2) is 4.79 Å². The smallest absolute Gasteiger partial charge is 0.407 e. The Kier molecular flexibility index (Phi) is 3.58. The van der Waals surface area contributed by atoms with Crippen molar-refractivity contribution in [2.45, 2.75) is 25.7 Å². The van der Waals surface area contributed by atoms with Gasteiger partial charge in [-0.3, -0.25) is 4.90 Å². The third-order valence-corrected chi connectivity index (χ3v) is 4.33. The lowest BCUT2D eigenvalue weighted by atomic mass is 9.71. The van der Waals surface area contributed by atoms with Gasteiger partial charge in [-0.05, 0) is 44.2 Å². The van der Waals surface area contributed by atoms with Crippen LogP contribution in [0.3, 0.4) is 0 Å². The molecule has 0 atom stereocenters. The van der Waals surface area contributed by atoms with Crippen molar-refractivity contribution >= 4 is 6.09 Å². The van der Waals surface area contributed by atoms with Crippen LogP contribution < -0.4 is 0 Å². The highest BCUT2D eigenvalue weighted by Gasteiger charge is 2.38. The molecule has 2 rings (SSSR count). The van der Waals surface area contributed by atoms with Crippen LogP contribution in [-0.4, -0.2) is 53.7 Å². The number of terminal acetylenes is 1. The topological polar surface area (TPSA) is 43.8 Å². The fourth-order valence-electron chi connectivity index (χ4n) is 2.99. The molecule has 2 fully saturated rings. The fraction of sp³-hybridized carbons (Fsp3) is 0.769. The summed E-state index contributed by atoms with van der Waals surface area (Å²) >= 11 is 0. The molecule has 0 radical (unpaired) electrons. The molecule has 4 heteroatoms. The Hall–Kier alpha value is -1.21. The van der Waals surface area contributed by atoms with Gasteiger partial charge in [0.2, 0.25) is 0 Å². The summed E-state index contributed by atoms with van der Waals surface area (Å²) < 4.78 is 0. The molecule has 0 aromatic rings. The first-order chi connectivity index (χ1) is 8.15. The summed E-state index contributed by atoms with van der Waals surface area (Å²) in [5.74, 6) is 2.69. The molecule has 2 aliphatic heterocycles. The average molecular weight is 236 g/mol. The highest BCUT2D eigenvalue weighted by Crippen LogP contribution is 2.41. The monoisotopic (exact) mass is 236 g/mol. The van der Waals surface area contributed by atoms with Crippen molar-refractivity contribution in [3.05, 3.63) is 0 Å². The maximum atomic E-state index is 10.9. The quantitative estimate of drug-likeness (QED) is 0.701. The lowest BCUT2D eigenvalue weighted by Crippen LogP contribution is -2.48. The second-order valence-electron chi connectivity index (χ2n) is 5.25. The molecule has 2 aliphatic rings. The zero-order valence-corrected chi connectivity index (χ0v) is 10.2. The number of amides is 1. The first-order valence-corrected chi connectivity index (χ1v) is 6.29. The number of carboxylic acid groups (broad SMARTS) is 1. The Bertz CT molecular complexity index is 317. The third-order valence-electron chi connectivity index (χ3n) is 4.33. The van der Waals surface area contributed by atoms with Crippen molar-refractivity contribution in [3.63, 3.8) is 0 Å². The van der Waals surface area contributed by atoms with Crippen LogP contribution in [0.25, 0.3) is 0 Å². The van der Waals surface area contributed by atoms with Gasteiger partial charge >= 0.3 is 6.09 Å². The zero-order valence-electron chi connectivity index (χ0n) is 10.2. The van der Waals surface area contributed by atoms with E-state index in [0.717, 1.165) is 32.5 Å². The molecular formula is C13H20N2O2. The number of likely N-dealkylation sites (tertiary alicyclic amines) is 2. The van der Waals surface area contributed by atoms with Crippen molar-refractivity contribution in [3.8, 4) is 12.3 Å². The lowest BCUT2D eigenvalue weighted by molar-refractivity contribution is 0.0403. The van der Waals surface area contributed by atoms with Crippen LogP contribution in [0.5, 0.6) is 0 Å². The molecule has 17 heavy (non-hydrogen) atoms. The van der Waals surface area contributed by atoms with E-state index < -0.39 is 6.09 Å². The first-order valence-electron chi connectivity index (χ1n) is 6.29. The Balaban J connectivity index is 1.84. The molecule has 0 saturated carbocycles. The lowest BCUT2D eigenvalue weighted by Gasteiger charge is -2.46. The molecule has 1 spiro atoms. The molecule has 2 heterocycles. The predicted octanol–water partition coefficient (Wildman–Crippen LogP) is 1.48. The summed E-state index contributed by atoms with van der Waals surface area (Å²) in [6.07, 6.45) is 8.92. The molecule has 0 aromatic heterocycles. The van der Waals surface area contributed by atoms with E-state index in [0.29, 0.717) is 18.5 Å². The molecule has 1 amide bonds. The van der Waals surface area contributed by atoms with Crippen LogP contribution >= 0.6 is 0 Å². The molecule has 0 aliphatic carbocycles. The van der Waals surface area contributed by atoms with Crippen molar-refractivity contribution < 1.29 is 9.90 Å². The number of hydrogen-bond acceptors (Lipinski definition) is 2. The van der Waals surface area contributed by atoms with Gasteiger partial charge in [0.25, 0.3) is 0 Å². The van der Waals surface area contributed by atoms with Crippen LogP contribution in [0.2, 0.25) is 0 Å². The highest BCUT2D eigenvalue weighted by atomic mass is 16.4. The summed E-state index contributed by atoms with van der Waals surface area (Å²) in [6, 6.07) is 0. The van der Waals surface area contributed by atoms with E-state index in [1.165, 1.54) is 12.8 Å². The van der Waals surface area contributed by atoms with E-state index >= 15 is 0 Å². The van der Waals surface area contributed by atoms with Crippen molar-refractivity contribution in [1.29, 1.82) is 0 Å². The number of carbonyl (C=O) groups is 1. The van der Waals surface area contributed by atoms with Gasteiger partial charge in [0.05, 0.1) is 6.54 Å². The highest BCUT2D eigenvalue weighted by molar-refractivity contribution is 5.65. The van der Waals surface area contributed by atoms with E-state index in [9.17, 15) is 4.79 Å². The van der Waals surface area contributed by atoms with E-state index in [4.69, 9.17) is 11.5 Å². The van der Waals surface area contributed by atoms with Crippen LogP contribution in [0, 0.1) is 17.8 Å². The number of rotatable bonds is 1. The Morgan fingerprint density at radius 2 is 1.71 bits per heavy atom. The second-order valence-corrected chi connectivity index (χ2v) is 5.25. The minimum atomic E-state index is -0.774. The molecule has 4 nitrogen and oxygen atoms in total. The Morgan fingerprint density at radius 1 is 1.18 bits per heavy atom. The summed E-state index contributed by atoms with van der Waals surface area (Å²) in [4.78, 5) is 14.7. The van der Waals surface area contributed by atoms with Gasteiger partial charge in [0, 0.05) is 13.1 Å². The number of nitrogens with zero attached hydrogens (tertiary/aromatic N) is 2. The van der Waals surface area contributed by atoms with Gasteiger partial charge in [0.1, 0.15) is 0 Å². The maximum absolute atomic E-state index is 10.9. The molecule has 0 bridgehead atoms. The minimum Gasteiger partial charge on any atom is -0.465 e. The average Bonchev–Trinajstić information content (AvgIpc) is 2.33. The first kappa shape index (κ1) is 12.3.